The first-order valence-electron chi connectivity index (χ1n) is 6.66. The minimum atomic E-state index is -3.40. The molecule has 6 heteroatoms. The Hall–Kier alpha value is -2.34. The summed E-state index contributed by atoms with van der Waals surface area (Å²) in [7, 11) is -3.40. The zero-order valence-corrected chi connectivity index (χ0v) is 13.1. The van der Waals surface area contributed by atoms with Crippen molar-refractivity contribution in [3.63, 3.8) is 0 Å². The van der Waals surface area contributed by atoms with Gasteiger partial charge in [0.25, 0.3) is 0 Å². The van der Waals surface area contributed by atoms with Gasteiger partial charge in [-0.15, -0.1) is 0 Å². The molecule has 2 aromatic carbocycles. The van der Waals surface area contributed by atoms with Crippen molar-refractivity contribution in [1.29, 1.82) is 0 Å². The second kappa shape index (κ2) is 6.62. The summed E-state index contributed by atoms with van der Waals surface area (Å²) in [6.45, 7) is 1.91. The summed E-state index contributed by atoms with van der Waals surface area (Å²) in [4.78, 5) is 12.0. The van der Waals surface area contributed by atoms with E-state index in [0.717, 1.165) is 6.26 Å². The molecule has 0 amide bonds. The Balaban J connectivity index is 2.48. The highest BCUT2D eigenvalue weighted by atomic mass is 32.2. The number of esters is 1. The van der Waals surface area contributed by atoms with Crippen LogP contribution in [0.25, 0.3) is 0 Å². The smallest absolute Gasteiger partial charge is 0.341 e. The minimum absolute atomic E-state index is 0.0754. The van der Waals surface area contributed by atoms with E-state index in [-0.39, 0.29) is 22.8 Å². The number of sulfone groups is 1. The Kier molecular flexibility index (Phi) is 4.82. The molecule has 0 aromatic heterocycles. The molecule has 5 nitrogen and oxygen atoms in total. The third-order valence-corrected chi connectivity index (χ3v) is 3.96. The zero-order valence-electron chi connectivity index (χ0n) is 12.3. The summed E-state index contributed by atoms with van der Waals surface area (Å²) in [5.74, 6) is 0.0831. The van der Waals surface area contributed by atoms with Crippen LogP contribution in [-0.4, -0.2) is 27.2 Å². The van der Waals surface area contributed by atoms with Crippen molar-refractivity contribution in [2.45, 2.75) is 11.8 Å². The molecule has 0 unspecified atom stereocenters. The van der Waals surface area contributed by atoms with E-state index in [1.165, 1.54) is 18.2 Å². The van der Waals surface area contributed by atoms with E-state index in [0.29, 0.717) is 5.75 Å². The van der Waals surface area contributed by atoms with Gasteiger partial charge < -0.3 is 9.47 Å². The van der Waals surface area contributed by atoms with Crippen molar-refractivity contribution in [3.8, 4) is 11.5 Å². The van der Waals surface area contributed by atoms with Crippen LogP contribution in [0.2, 0.25) is 0 Å². The van der Waals surface area contributed by atoms with Gasteiger partial charge in [-0.2, -0.15) is 0 Å². The first-order chi connectivity index (χ1) is 10.4. The normalized spacial score (nSPS) is 11.0. The lowest BCUT2D eigenvalue weighted by atomic mass is 10.2. The second-order valence-corrected chi connectivity index (χ2v) is 6.58. The van der Waals surface area contributed by atoms with Crippen molar-refractivity contribution >= 4 is 15.8 Å². The van der Waals surface area contributed by atoms with Gasteiger partial charge in [0.15, 0.2) is 9.84 Å². The number of ether oxygens (including phenoxy) is 2. The van der Waals surface area contributed by atoms with Crippen LogP contribution in [0.3, 0.4) is 0 Å². The van der Waals surface area contributed by atoms with Gasteiger partial charge in [-0.25, -0.2) is 13.2 Å². The summed E-state index contributed by atoms with van der Waals surface area (Å²) in [6.07, 6.45) is 1.10. The Morgan fingerprint density at radius 2 is 1.77 bits per heavy atom. The zero-order chi connectivity index (χ0) is 16.2. The van der Waals surface area contributed by atoms with Crippen LogP contribution >= 0.6 is 0 Å². The quantitative estimate of drug-likeness (QED) is 0.792. The van der Waals surface area contributed by atoms with E-state index in [2.05, 4.69) is 0 Å². The van der Waals surface area contributed by atoms with E-state index < -0.39 is 15.8 Å². The lowest BCUT2D eigenvalue weighted by molar-refractivity contribution is 0.0523. The van der Waals surface area contributed by atoms with Crippen LogP contribution in [-0.2, 0) is 14.6 Å². The fourth-order valence-electron chi connectivity index (χ4n) is 1.81. The van der Waals surface area contributed by atoms with Gasteiger partial charge in [0.1, 0.15) is 17.1 Å². The second-order valence-electron chi connectivity index (χ2n) is 4.57. The van der Waals surface area contributed by atoms with Crippen LogP contribution < -0.4 is 4.74 Å². The molecule has 0 fully saturated rings. The van der Waals surface area contributed by atoms with Gasteiger partial charge in [-0.1, -0.05) is 18.2 Å². The number of hydrogen-bond donors (Lipinski definition) is 0. The van der Waals surface area contributed by atoms with E-state index in [1.807, 2.05) is 6.07 Å². The maximum atomic E-state index is 12.0. The molecule has 2 aromatic rings. The maximum absolute atomic E-state index is 12.0. The van der Waals surface area contributed by atoms with Gasteiger partial charge >= 0.3 is 5.97 Å². The molecule has 0 saturated carbocycles. The van der Waals surface area contributed by atoms with E-state index in [1.54, 1.807) is 31.2 Å². The molecule has 0 aliphatic carbocycles. The SMILES string of the molecule is CCOC(=O)c1ccc(S(C)(=O)=O)cc1Oc1ccccc1. The largest absolute Gasteiger partial charge is 0.462 e. The van der Waals surface area contributed by atoms with Crippen LogP contribution in [0.4, 0.5) is 0 Å². The first kappa shape index (κ1) is 16.0. The van der Waals surface area contributed by atoms with Gasteiger partial charge in [-0.05, 0) is 31.2 Å². The van der Waals surface area contributed by atoms with Crippen LogP contribution in [0.5, 0.6) is 11.5 Å². The third-order valence-electron chi connectivity index (χ3n) is 2.85. The van der Waals surface area contributed by atoms with Gasteiger partial charge in [-0.3, -0.25) is 0 Å². The fraction of sp³-hybridized carbons (Fsp3) is 0.188. The highest BCUT2D eigenvalue weighted by Gasteiger charge is 2.18. The summed E-state index contributed by atoms with van der Waals surface area (Å²) in [5.41, 5.74) is 0.179. The predicted octanol–water partition coefficient (Wildman–Crippen LogP) is 3.06. The topological polar surface area (TPSA) is 69.7 Å². The van der Waals surface area contributed by atoms with E-state index in [4.69, 9.17) is 9.47 Å². The van der Waals surface area contributed by atoms with Gasteiger partial charge in [0.05, 0.1) is 11.5 Å². The van der Waals surface area contributed by atoms with Crippen molar-refractivity contribution in [1.82, 2.24) is 0 Å². The monoisotopic (exact) mass is 320 g/mol. The molecule has 0 atom stereocenters. The Morgan fingerprint density at radius 3 is 2.36 bits per heavy atom. The molecule has 116 valence electrons. The average Bonchev–Trinajstić information content (AvgIpc) is 2.47. The highest BCUT2D eigenvalue weighted by molar-refractivity contribution is 7.90. The summed E-state index contributed by atoms with van der Waals surface area (Å²) < 4.78 is 34.0. The van der Waals surface area contributed by atoms with E-state index in [9.17, 15) is 13.2 Å². The highest BCUT2D eigenvalue weighted by Crippen LogP contribution is 2.28. The molecule has 2 rings (SSSR count). The Morgan fingerprint density at radius 1 is 1.09 bits per heavy atom. The van der Waals surface area contributed by atoms with Crippen LogP contribution in [0.15, 0.2) is 53.4 Å². The number of rotatable bonds is 5. The molecule has 0 aliphatic heterocycles. The molecular weight excluding hydrogens is 304 g/mol. The van der Waals surface area contributed by atoms with Crippen molar-refractivity contribution < 1.29 is 22.7 Å². The standard InChI is InChI=1S/C16H16O5S/c1-3-20-16(17)14-10-9-13(22(2,18)19)11-15(14)21-12-7-5-4-6-8-12/h4-11H,3H2,1-2H3. The third kappa shape index (κ3) is 3.85. The molecule has 0 spiro atoms. The van der Waals surface area contributed by atoms with Crippen molar-refractivity contribution in [3.05, 3.63) is 54.1 Å². The molecule has 0 aliphatic rings. The van der Waals surface area contributed by atoms with Crippen molar-refractivity contribution in [2.75, 3.05) is 12.9 Å². The summed E-state index contributed by atoms with van der Waals surface area (Å²) in [6, 6.07) is 12.9. The summed E-state index contributed by atoms with van der Waals surface area (Å²) >= 11 is 0. The predicted molar refractivity (Wildman–Crippen MR) is 82.0 cm³/mol. The molecule has 22 heavy (non-hydrogen) atoms. The number of carbonyl (C=O) groups excluding carboxylic acids is 1. The fourth-order valence-corrected chi connectivity index (χ4v) is 2.45. The average molecular weight is 320 g/mol. The molecule has 0 heterocycles. The van der Waals surface area contributed by atoms with Gasteiger partial charge in [0, 0.05) is 12.3 Å². The Bertz CT molecular complexity index is 766. The summed E-state index contributed by atoms with van der Waals surface area (Å²) in [5, 5.41) is 0. The minimum Gasteiger partial charge on any atom is -0.462 e. The Labute approximate surface area is 129 Å². The number of carbonyl (C=O) groups is 1. The van der Waals surface area contributed by atoms with Crippen LogP contribution in [0.1, 0.15) is 17.3 Å². The number of para-hydroxylation sites is 1. The molecule has 0 saturated heterocycles. The number of hydrogen-bond acceptors (Lipinski definition) is 5. The first-order valence-corrected chi connectivity index (χ1v) is 8.55. The van der Waals surface area contributed by atoms with Gasteiger partial charge in [0.2, 0.25) is 0 Å². The molecule has 0 radical (unpaired) electrons. The molecular formula is C16H16O5S. The van der Waals surface area contributed by atoms with Crippen LogP contribution in [0, 0.1) is 0 Å². The lowest BCUT2D eigenvalue weighted by Crippen LogP contribution is -2.08. The van der Waals surface area contributed by atoms with E-state index >= 15 is 0 Å². The number of benzene rings is 2. The molecule has 0 bridgehead atoms. The molecule has 0 N–H and O–H groups in total. The maximum Gasteiger partial charge on any atom is 0.341 e. The van der Waals surface area contributed by atoms with Crippen molar-refractivity contribution in [2.24, 2.45) is 0 Å². The lowest BCUT2D eigenvalue weighted by Gasteiger charge is -2.12.